The van der Waals surface area contributed by atoms with Crippen LogP contribution in [-0.4, -0.2) is 29.0 Å². The Labute approximate surface area is 122 Å². The first kappa shape index (κ1) is 13.8. The van der Waals surface area contributed by atoms with Crippen LogP contribution in [0.3, 0.4) is 0 Å². The fraction of sp³-hybridized carbons (Fsp3) is 0.235. The van der Waals surface area contributed by atoms with Crippen molar-refractivity contribution in [3.63, 3.8) is 0 Å². The minimum Gasteiger partial charge on any atom is -0.386 e. The van der Waals surface area contributed by atoms with Gasteiger partial charge in [0.05, 0.1) is 12.6 Å². The molecule has 2 aromatic rings. The molecule has 2 aromatic carbocycles. The third-order valence-corrected chi connectivity index (χ3v) is 3.84. The normalized spacial score (nSPS) is 15.7. The number of aliphatic hydroxyl groups is 1. The number of carbonyl (C=O) groups excluding carboxylic acids is 1. The first-order valence-corrected chi connectivity index (χ1v) is 6.96. The molecule has 0 aromatic heterocycles. The minimum absolute atomic E-state index is 0.104. The molecular weight excluding hydrogens is 269 g/mol. The van der Waals surface area contributed by atoms with E-state index in [1.54, 1.807) is 29.2 Å². The van der Waals surface area contributed by atoms with Crippen molar-refractivity contribution in [3.05, 3.63) is 71.0 Å². The Balaban J connectivity index is 1.78. The highest BCUT2D eigenvalue weighted by atomic mass is 19.1. The van der Waals surface area contributed by atoms with Gasteiger partial charge in [-0.15, -0.1) is 0 Å². The summed E-state index contributed by atoms with van der Waals surface area (Å²) in [6, 6.07) is 13.6. The van der Waals surface area contributed by atoms with Gasteiger partial charge < -0.3 is 10.0 Å². The van der Waals surface area contributed by atoms with E-state index < -0.39 is 11.9 Å². The quantitative estimate of drug-likeness (QED) is 0.941. The summed E-state index contributed by atoms with van der Waals surface area (Å²) in [6.07, 6.45) is -0.258. The topological polar surface area (TPSA) is 40.5 Å². The first-order valence-electron chi connectivity index (χ1n) is 6.96. The summed E-state index contributed by atoms with van der Waals surface area (Å²) in [6.45, 7) is 0.648. The van der Waals surface area contributed by atoms with Gasteiger partial charge in [0.15, 0.2) is 0 Å². The van der Waals surface area contributed by atoms with Gasteiger partial charge in [0.2, 0.25) is 0 Å². The lowest BCUT2D eigenvalue weighted by Crippen LogP contribution is -2.40. The van der Waals surface area contributed by atoms with Gasteiger partial charge in [0, 0.05) is 17.7 Å². The van der Waals surface area contributed by atoms with E-state index in [0.717, 1.165) is 12.0 Å². The first-order chi connectivity index (χ1) is 10.2. The molecular formula is C17H16FNO2. The summed E-state index contributed by atoms with van der Waals surface area (Å²) in [5, 5.41) is 10.2. The van der Waals surface area contributed by atoms with Crippen LogP contribution in [-0.2, 0) is 6.42 Å². The van der Waals surface area contributed by atoms with Gasteiger partial charge in [0.25, 0.3) is 5.91 Å². The second-order valence-corrected chi connectivity index (χ2v) is 5.20. The smallest absolute Gasteiger partial charge is 0.254 e. The third kappa shape index (κ3) is 2.67. The Hall–Kier alpha value is -2.20. The number of nitrogens with zero attached hydrogens (tertiary/aromatic N) is 1. The van der Waals surface area contributed by atoms with Crippen LogP contribution >= 0.6 is 0 Å². The van der Waals surface area contributed by atoms with Crippen molar-refractivity contribution in [2.45, 2.75) is 12.5 Å². The maximum atomic E-state index is 13.7. The van der Waals surface area contributed by atoms with Crippen LogP contribution in [0.25, 0.3) is 0 Å². The maximum absolute atomic E-state index is 13.7. The molecule has 1 amide bonds. The molecule has 0 saturated carbocycles. The molecule has 1 heterocycles. The predicted octanol–water partition coefficient (Wildman–Crippen LogP) is 2.56. The van der Waals surface area contributed by atoms with Gasteiger partial charge >= 0.3 is 0 Å². The number of β-amino-alcohol motifs (C(OH)–C–C–N with tert-alkyl or cyclic N) is 1. The number of aliphatic hydroxyl groups excluding tert-OH is 1. The number of carbonyl (C=O) groups is 1. The van der Waals surface area contributed by atoms with Crippen molar-refractivity contribution >= 4 is 5.91 Å². The Morgan fingerprint density at radius 2 is 1.86 bits per heavy atom. The van der Waals surface area contributed by atoms with Crippen LogP contribution in [0.4, 0.5) is 4.39 Å². The average molecular weight is 285 g/mol. The highest BCUT2D eigenvalue weighted by molar-refractivity contribution is 5.96. The number of benzene rings is 2. The van der Waals surface area contributed by atoms with Gasteiger partial charge in [-0.1, -0.05) is 36.4 Å². The number of hydrogen-bond donors (Lipinski definition) is 1. The standard InChI is InChI=1S/C17H16FNO2/c18-15-8-4-3-7-14(15)16(20)11-19-10-9-12-5-1-2-6-13(12)17(19)21/h1-8,16,20H,9-11H2. The number of fused-ring (bicyclic) bond motifs is 1. The molecule has 1 aliphatic heterocycles. The molecule has 0 aliphatic carbocycles. The molecule has 3 rings (SSSR count). The Morgan fingerprint density at radius 3 is 2.67 bits per heavy atom. The van der Waals surface area contributed by atoms with Crippen LogP contribution in [0.15, 0.2) is 48.5 Å². The summed E-state index contributed by atoms with van der Waals surface area (Å²) in [5.74, 6) is -0.554. The maximum Gasteiger partial charge on any atom is 0.254 e. The van der Waals surface area contributed by atoms with Crippen molar-refractivity contribution in [3.8, 4) is 0 Å². The highest BCUT2D eigenvalue weighted by Crippen LogP contribution is 2.23. The Kier molecular flexibility index (Phi) is 3.71. The van der Waals surface area contributed by atoms with Crippen molar-refractivity contribution in [1.29, 1.82) is 0 Å². The number of halogens is 1. The molecule has 0 radical (unpaired) electrons. The van der Waals surface area contributed by atoms with E-state index in [0.29, 0.717) is 12.1 Å². The minimum atomic E-state index is -1.01. The molecule has 1 aliphatic rings. The lowest BCUT2D eigenvalue weighted by molar-refractivity contribution is 0.0598. The van der Waals surface area contributed by atoms with Crippen LogP contribution in [0.1, 0.15) is 27.6 Å². The second kappa shape index (κ2) is 5.66. The van der Waals surface area contributed by atoms with E-state index in [-0.39, 0.29) is 18.0 Å². The molecule has 0 spiro atoms. The van der Waals surface area contributed by atoms with Crippen molar-refractivity contribution in [1.82, 2.24) is 4.90 Å². The molecule has 0 bridgehead atoms. The Morgan fingerprint density at radius 1 is 1.14 bits per heavy atom. The highest BCUT2D eigenvalue weighted by Gasteiger charge is 2.26. The summed E-state index contributed by atoms with van der Waals surface area (Å²) >= 11 is 0. The van der Waals surface area contributed by atoms with Crippen LogP contribution in [0, 0.1) is 5.82 Å². The average Bonchev–Trinajstić information content (AvgIpc) is 2.51. The lowest BCUT2D eigenvalue weighted by Gasteiger charge is -2.30. The van der Waals surface area contributed by atoms with E-state index in [1.807, 2.05) is 18.2 Å². The van der Waals surface area contributed by atoms with Crippen LogP contribution in [0.5, 0.6) is 0 Å². The van der Waals surface area contributed by atoms with E-state index in [4.69, 9.17) is 0 Å². The largest absolute Gasteiger partial charge is 0.386 e. The zero-order chi connectivity index (χ0) is 14.8. The monoisotopic (exact) mass is 285 g/mol. The third-order valence-electron chi connectivity index (χ3n) is 3.84. The van der Waals surface area contributed by atoms with Gasteiger partial charge in [-0.3, -0.25) is 4.79 Å². The summed E-state index contributed by atoms with van der Waals surface area (Å²) in [7, 11) is 0. The van der Waals surface area contributed by atoms with Crippen LogP contribution in [0.2, 0.25) is 0 Å². The Bertz CT molecular complexity index is 671. The molecule has 4 heteroatoms. The van der Waals surface area contributed by atoms with Crippen molar-refractivity contribution < 1.29 is 14.3 Å². The summed E-state index contributed by atoms with van der Waals surface area (Å²) in [5.41, 5.74) is 1.92. The fourth-order valence-electron chi connectivity index (χ4n) is 2.70. The molecule has 1 unspecified atom stereocenters. The SMILES string of the molecule is O=C1c2ccccc2CCN1CC(O)c1ccccc1F. The summed E-state index contributed by atoms with van der Waals surface area (Å²) in [4.78, 5) is 14.0. The summed E-state index contributed by atoms with van der Waals surface area (Å²) < 4.78 is 13.7. The molecule has 0 fully saturated rings. The molecule has 3 nitrogen and oxygen atoms in total. The van der Waals surface area contributed by atoms with Gasteiger partial charge in [-0.25, -0.2) is 4.39 Å². The zero-order valence-electron chi connectivity index (χ0n) is 11.5. The van der Waals surface area contributed by atoms with E-state index >= 15 is 0 Å². The molecule has 1 N–H and O–H groups in total. The number of rotatable bonds is 3. The van der Waals surface area contributed by atoms with Gasteiger partial charge in [0.1, 0.15) is 5.82 Å². The van der Waals surface area contributed by atoms with Crippen molar-refractivity contribution in [2.24, 2.45) is 0 Å². The number of amides is 1. The molecule has 108 valence electrons. The van der Waals surface area contributed by atoms with Crippen molar-refractivity contribution in [2.75, 3.05) is 13.1 Å². The molecule has 0 saturated heterocycles. The van der Waals surface area contributed by atoms with E-state index in [1.165, 1.54) is 6.07 Å². The van der Waals surface area contributed by atoms with E-state index in [2.05, 4.69) is 0 Å². The van der Waals surface area contributed by atoms with Gasteiger partial charge in [-0.2, -0.15) is 0 Å². The number of hydrogen-bond acceptors (Lipinski definition) is 2. The second-order valence-electron chi connectivity index (χ2n) is 5.20. The van der Waals surface area contributed by atoms with Gasteiger partial charge in [-0.05, 0) is 24.1 Å². The van der Waals surface area contributed by atoms with Crippen LogP contribution < -0.4 is 0 Å². The molecule has 1 atom stereocenters. The predicted molar refractivity (Wildman–Crippen MR) is 77.4 cm³/mol. The fourth-order valence-corrected chi connectivity index (χ4v) is 2.70. The zero-order valence-corrected chi connectivity index (χ0v) is 11.5. The molecule has 21 heavy (non-hydrogen) atoms. The lowest BCUT2D eigenvalue weighted by atomic mass is 9.98. The van der Waals surface area contributed by atoms with E-state index in [9.17, 15) is 14.3 Å².